The Hall–Kier alpha value is -2.35. The minimum atomic E-state index is 0.956. The molecule has 0 fully saturated rings. The van der Waals surface area contributed by atoms with Crippen LogP contribution in [0.3, 0.4) is 0 Å². The first-order valence-corrected chi connectivity index (χ1v) is 7.54. The molecule has 1 aliphatic carbocycles. The Balaban J connectivity index is 1.67. The molecular weight excluding hydrogens is 256 g/mol. The van der Waals surface area contributed by atoms with Crippen molar-refractivity contribution in [1.29, 1.82) is 0 Å². The van der Waals surface area contributed by atoms with Crippen molar-refractivity contribution >= 4 is 0 Å². The van der Waals surface area contributed by atoms with Gasteiger partial charge in [-0.2, -0.15) is 0 Å². The first kappa shape index (κ1) is 12.4. The van der Waals surface area contributed by atoms with Crippen LogP contribution >= 0.6 is 0 Å². The number of fused-ring (bicyclic) bond motifs is 3. The second-order valence-electron chi connectivity index (χ2n) is 5.67. The van der Waals surface area contributed by atoms with Gasteiger partial charge in [-0.25, -0.2) is 4.98 Å². The summed E-state index contributed by atoms with van der Waals surface area (Å²) in [6.07, 6.45) is 5.91. The van der Waals surface area contributed by atoms with E-state index in [9.17, 15) is 0 Å². The van der Waals surface area contributed by atoms with E-state index in [0.29, 0.717) is 0 Å². The average Bonchev–Trinajstić information content (AvgIpc) is 3.10. The maximum absolute atomic E-state index is 4.26. The molecule has 2 nitrogen and oxygen atoms in total. The van der Waals surface area contributed by atoms with Gasteiger partial charge in [0, 0.05) is 24.9 Å². The van der Waals surface area contributed by atoms with E-state index in [1.165, 1.54) is 33.5 Å². The molecule has 1 heterocycles. The first-order chi connectivity index (χ1) is 10.3. The van der Waals surface area contributed by atoms with Crippen LogP contribution in [0.5, 0.6) is 0 Å². The third kappa shape index (κ3) is 2.07. The number of aryl methyl sites for hydroxylation is 1. The fourth-order valence-electron chi connectivity index (χ4n) is 3.30. The predicted molar refractivity (Wildman–Crippen MR) is 85.4 cm³/mol. The summed E-state index contributed by atoms with van der Waals surface area (Å²) in [5, 5.41) is 0. The highest BCUT2D eigenvalue weighted by molar-refractivity contribution is 5.76. The lowest BCUT2D eigenvalue weighted by Gasteiger charge is -2.07. The molecule has 21 heavy (non-hydrogen) atoms. The van der Waals surface area contributed by atoms with Crippen LogP contribution in [0.2, 0.25) is 0 Å². The standard InChI is InChI=1S/C19H18N2/c1-2-21-13-20-12-17(21)10-14-7-8-19-16(9-14)11-15-5-3-4-6-18(15)19/h3-9,12-13H,2,10-11H2,1H3. The van der Waals surface area contributed by atoms with Gasteiger partial charge in [-0.1, -0.05) is 42.5 Å². The zero-order valence-corrected chi connectivity index (χ0v) is 12.2. The highest BCUT2D eigenvalue weighted by Crippen LogP contribution is 2.36. The normalized spacial score (nSPS) is 12.2. The Labute approximate surface area is 125 Å². The molecule has 3 aromatic rings. The predicted octanol–water partition coefficient (Wildman–Crippen LogP) is 4.07. The number of hydrogen-bond donors (Lipinski definition) is 0. The van der Waals surface area contributed by atoms with E-state index in [-0.39, 0.29) is 0 Å². The quantitative estimate of drug-likeness (QED) is 0.551. The van der Waals surface area contributed by atoms with Crippen LogP contribution in [0.4, 0.5) is 0 Å². The summed E-state index contributed by atoms with van der Waals surface area (Å²) in [7, 11) is 0. The van der Waals surface area contributed by atoms with Crippen molar-refractivity contribution in [2.24, 2.45) is 0 Å². The van der Waals surface area contributed by atoms with Gasteiger partial charge in [-0.05, 0) is 41.2 Å². The third-order valence-electron chi connectivity index (χ3n) is 4.38. The zero-order chi connectivity index (χ0) is 14.2. The molecular formula is C19H18N2. The van der Waals surface area contributed by atoms with E-state index >= 15 is 0 Å². The van der Waals surface area contributed by atoms with Crippen LogP contribution in [-0.4, -0.2) is 9.55 Å². The summed E-state index contributed by atoms with van der Waals surface area (Å²) in [6.45, 7) is 3.14. The second kappa shape index (κ2) is 4.88. The van der Waals surface area contributed by atoms with Crippen molar-refractivity contribution in [3.63, 3.8) is 0 Å². The molecule has 0 atom stereocenters. The highest BCUT2D eigenvalue weighted by atomic mass is 15.0. The molecule has 0 saturated heterocycles. The average molecular weight is 274 g/mol. The summed E-state index contributed by atoms with van der Waals surface area (Å²) in [5.74, 6) is 0. The number of rotatable bonds is 3. The van der Waals surface area contributed by atoms with Gasteiger partial charge >= 0.3 is 0 Å². The fourth-order valence-corrected chi connectivity index (χ4v) is 3.30. The van der Waals surface area contributed by atoms with Crippen molar-refractivity contribution in [2.45, 2.75) is 26.3 Å². The largest absolute Gasteiger partial charge is 0.335 e. The van der Waals surface area contributed by atoms with Crippen molar-refractivity contribution in [2.75, 3.05) is 0 Å². The molecule has 0 amide bonds. The van der Waals surface area contributed by atoms with Gasteiger partial charge in [0.25, 0.3) is 0 Å². The van der Waals surface area contributed by atoms with Gasteiger partial charge in [0.05, 0.1) is 6.33 Å². The van der Waals surface area contributed by atoms with Crippen LogP contribution in [0.25, 0.3) is 11.1 Å². The first-order valence-electron chi connectivity index (χ1n) is 7.54. The molecule has 0 spiro atoms. The minimum absolute atomic E-state index is 0.956. The Bertz CT molecular complexity index is 799. The number of hydrogen-bond acceptors (Lipinski definition) is 1. The van der Waals surface area contributed by atoms with Gasteiger partial charge in [-0.3, -0.25) is 0 Å². The number of nitrogens with zero attached hydrogens (tertiary/aromatic N) is 2. The lowest BCUT2D eigenvalue weighted by molar-refractivity contribution is 0.723. The van der Waals surface area contributed by atoms with Crippen LogP contribution in [0.15, 0.2) is 55.0 Å². The zero-order valence-electron chi connectivity index (χ0n) is 12.2. The molecule has 4 rings (SSSR count). The highest BCUT2D eigenvalue weighted by Gasteiger charge is 2.17. The monoisotopic (exact) mass is 274 g/mol. The van der Waals surface area contributed by atoms with Crippen LogP contribution in [0.1, 0.15) is 29.3 Å². The molecule has 104 valence electrons. The number of benzene rings is 2. The Morgan fingerprint density at radius 1 is 1.05 bits per heavy atom. The second-order valence-corrected chi connectivity index (χ2v) is 5.67. The van der Waals surface area contributed by atoms with E-state index < -0.39 is 0 Å². The molecule has 1 aliphatic rings. The SMILES string of the molecule is CCn1cncc1Cc1ccc2c(c1)Cc1ccccc1-2. The van der Waals surface area contributed by atoms with Gasteiger partial charge in [0.2, 0.25) is 0 Å². The Morgan fingerprint density at radius 2 is 1.90 bits per heavy atom. The van der Waals surface area contributed by atoms with E-state index in [4.69, 9.17) is 0 Å². The molecule has 0 radical (unpaired) electrons. The maximum Gasteiger partial charge on any atom is 0.0948 e. The van der Waals surface area contributed by atoms with E-state index in [0.717, 1.165) is 19.4 Å². The smallest absolute Gasteiger partial charge is 0.0948 e. The van der Waals surface area contributed by atoms with E-state index in [1.54, 1.807) is 0 Å². The maximum atomic E-state index is 4.26. The molecule has 0 aliphatic heterocycles. The minimum Gasteiger partial charge on any atom is -0.335 e. The van der Waals surface area contributed by atoms with Gasteiger partial charge < -0.3 is 4.57 Å². The summed E-state index contributed by atoms with van der Waals surface area (Å²) < 4.78 is 2.21. The van der Waals surface area contributed by atoms with Crippen molar-refractivity contribution < 1.29 is 0 Å². The molecule has 0 unspecified atom stereocenters. The summed E-state index contributed by atoms with van der Waals surface area (Å²) in [6, 6.07) is 15.6. The summed E-state index contributed by atoms with van der Waals surface area (Å²) in [5.41, 5.74) is 8.36. The topological polar surface area (TPSA) is 17.8 Å². The van der Waals surface area contributed by atoms with Crippen LogP contribution in [-0.2, 0) is 19.4 Å². The Morgan fingerprint density at radius 3 is 2.81 bits per heavy atom. The molecule has 0 N–H and O–H groups in total. The number of aromatic nitrogens is 2. The summed E-state index contributed by atoms with van der Waals surface area (Å²) in [4.78, 5) is 4.26. The van der Waals surface area contributed by atoms with Crippen molar-refractivity contribution in [3.05, 3.63) is 77.4 Å². The molecule has 2 heteroatoms. The molecule has 0 bridgehead atoms. The Kier molecular flexibility index (Phi) is 2.88. The fraction of sp³-hybridized carbons (Fsp3) is 0.211. The van der Waals surface area contributed by atoms with Gasteiger partial charge in [-0.15, -0.1) is 0 Å². The van der Waals surface area contributed by atoms with E-state index in [1.807, 2.05) is 12.5 Å². The van der Waals surface area contributed by atoms with Crippen LogP contribution in [0, 0.1) is 0 Å². The van der Waals surface area contributed by atoms with Gasteiger partial charge in [0.15, 0.2) is 0 Å². The van der Waals surface area contributed by atoms with Crippen molar-refractivity contribution in [3.8, 4) is 11.1 Å². The molecule has 1 aromatic heterocycles. The van der Waals surface area contributed by atoms with Crippen molar-refractivity contribution in [1.82, 2.24) is 9.55 Å². The lowest BCUT2D eigenvalue weighted by atomic mass is 10.0. The number of imidazole rings is 1. The van der Waals surface area contributed by atoms with Crippen LogP contribution < -0.4 is 0 Å². The molecule has 2 aromatic carbocycles. The lowest BCUT2D eigenvalue weighted by Crippen LogP contribution is -2.00. The molecule has 0 saturated carbocycles. The third-order valence-corrected chi connectivity index (χ3v) is 4.38. The van der Waals surface area contributed by atoms with E-state index in [2.05, 4.69) is 58.9 Å². The van der Waals surface area contributed by atoms with Gasteiger partial charge in [0.1, 0.15) is 0 Å². The summed E-state index contributed by atoms with van der Waals surface area (Å²) >= 11 is 0.